The highest BCUT2D eigenvalue weighted by molar-refractivity contribution is 6.30. The molecule has 0 saturated heterocycles. The van der Waals surface area contributed by atoms with E-state index in [0.717, 1.165) is 30.0 Å². The van der Waals surface area contributed by atoms with Gasteiger partial charge in [-0.3, -0.25) is 0 Å². The molecule has 1 aromatic heterocycles. The average Bonchev–Trinajstić information content (AvgIpc) is 2.81. The van der Waals surface area contributed by atoms with E-state index in [1.54, 1.807) is 0 Å². The van der Waals surface area contributed by atoms with Gasteiger partial charge >= 0.3 is 0 Å². The molecule has 2 aromatic rings. The molecule has 0 bridgehead atoms. The van der Waals surface area contributed by atoms with Gasteiger partial charge in [-0.15, -0.1) is 0 Å². The Morgan fingerprint density at radius 2 is 1.94 bits per heavy atom. The minimum absolute atomic E-state index is 0.511. The van der Waals surface area contributed by atoms with Crippen molar-refractivity contribution in [3.8, 4) is 0 Å². The van der Waals surface area contributed by atoms with Crippen molar-refractivity contribution in [1.29, 1.82) is 0 Å². The smallest absolute Gasteiger partial charge is 0.229 e. The maximum absolute atomic E-state index is 5.90. The lowest BCUT2D eigenvalue weighted by Crippen LogP contribution is -2.05. The van der Waals surface area contributed by atoms with Gasteiger partial charge in [0.1, 0.15) is 5.82 Å². The molecular formula is C12H12ClN5. The largest absolute Gasteiger partial charge is 0.383 e. The number of nitrogens with two attached hydrogens (primary N) is 1. The molecule has 5 nitrogen and oxygen atoms in total. The van der Waals surface area contributed by atoms with Crippen LogP contribution in [0.25, 0.3) is 0 Å². The quantitative estimate of drug-likeness (QED) is 0.772. The molecule has 0 aliphatic carbocycles. The Bertz CT molecular complexity index is 582. The third-order valence-electron chi connectivity index (χ3n) is 2.82. The summed E-state index contributed by atoms with van der Waals surface area (Å²) in [6.07, 6.45) is 0. The minimum Gasteiger partial charge on any atom is -0.383 e. The van der Waals surface area contributed by atoms with Crippen LogP contribution in [0.3, 0.4) is 0 Å². The van der Waals surface area contributed by atoms with E-state index in [4.69, 9.17) is 17.3 Å². The molecule has 1 aromatic carbocycles. The van der Waals surface area contributed by atoms with E-state index >= 15 is 0 Å². The molecule has 0 unspecified atom stereocenters. The number of hydrogen-bond acceptors (Lipinski definition) is 5. The number of benzene rings is 1. The zero-order valence-electron chi connectivity index (χ0n) is 9.57. The standard InChI is InChI=1S/C12H12ClN5/c13-7-1-3-8(4-2-7)16-12-17-10-6-15-5-9(10)11(14)18-12/h1-4,15H,5-6H2,(H3,14,16,17,18). The second kappa shape index (κ2) is 4.44. The lowest BCUT2D eigenvalue weighted by Gasteiger charge is -2.08. The van der Waals surface area contributed by atoms with Crippen molar-refractivity contribution < 1.29 is 0 Å². The molecule has 2 heterocycles. The monoisotopic (exact) mass is 261 g/mol. The Hall–Kier alpha value is -1.85. The number of anilines is 3. The number of fused-ring (bicyclic) bond motifs is 1. The summed E-state index contributed by atoms with van der Waals surface area (Å²) in [6.45, 7) is 1.47. The summed E-state index contributed by atoms with van der Waals surface area (Å²) >= 11 is 5.83. The Labute approximate surface area is 109 Å². The van der Waals surface area contributed by atoms with Crippen molar-refractivity contribution >= 4 is 29.1 Å². The lowest BCUT2D eigenvalue weighted by atomic mass is 10.2. The zero-order chi connectivity index (χ0) is 12.5. The fourth-order valence-corrected chi connectivity index (χ4v) is 2.04. The summed E-state index contributed by atoms with van der Waals surface area (Å²) in [5.74, 6) is 1.04. The predicted octanol–water partition coefficient (Wildman–Crippen LogP) is 2.06. The Balaban J connectivity index is 1.89. The minimum atomic E-state index is 0.511. The number of halogens is 1. The van der Waals surface area contributed by atoms with Crippen molar-refractivity contribution in [2.75, 3.05) is 11.1 Å². The van der Waals surface area contributed by atoms with Gasteiger partial charge in [-0.25, -0.2) is 4.98 Å². The fourth-order valence-electron chi connectivity index (χ4n) is 1.91. The van der Waals surface area contributed by atoms with Crippen LogP contribution < -0.4 is 16.4 Å². The Morgan fingerprint density at radius 3 is 2.72 bits per heavy atom. The first-order valence-electron chi connectivity index (χ1n) is 5.61. The van der Waals surface area contributed by atoms with E-state index in [1.165, 1.54) is 0 Å². The fraction of sp³-hybridized carbons (Fsp3) is 0.167. The van der Waals surface area contributed by atoms with Gasteiger partial charge < -0.3 is 16.4 Å². The van der Waals surface area contributed by atoms with Crippen LogP contribution in [-0.2, 0) is 13.1 Å². The number of nitrogens with zero attached hydrogens (tertiary/aromatic N) is 2. The van der Waals surface area contributed by atoms with E-state index in [9.17, 15) is 0 Å². The van der Waals surface area contributed by atoms with E-state index in [0.29, 0.717) is 16.8 Å². The van der Waals surface area contributed by atoms with Crippen molar-refractivity contribution in [1.82, 2.24) is 15.3 Å². The van der Waals surface area contributed by atoms with Gasteiger partial charge in [-0.1, -0.05) is 11.6 Å². The van der Waals surface area contributed by atoms with E-state index in [2.05, 4.69) is 20.6 Å². The third-order valence-corrected chi connectivity index (χ3v) is 3.07. The Morgan fingerprint density at radius 1 is 1.17 bits per heavy atom. The number of aromatic nitrogens is 2. The highest BCUT2D eigenvalue weighted by Crippen LogP contribution is 2.22. The molecule has 1 aliphatic rings. The van der Waals surface area contributed by atoms with E-state index in [1.807, 2.05) is 24.3 Å². The molecule has 0 atom stereocenters. The lowest BCUT2D eigenvalue weighted by molar-refractivity contribution is 0.758. The summed E-state index contributed by atoms with van der Waals surface area (Å²) in [5, 5.41) is 7.01. The van der Waals surface area contributed by atoms with Crippen LogP contribution in [0.2, 0.25) is 5.02 Å². The van der Waals surface area contributed by atoms with Crippen LogP contribution in [0, 0.1) is 0 Å². The second-order valence-corrected chi connectivity index (χ2v) is 4.53. The van der Waals surface area contributed by atoms with Crippen LogP contribution in [0.5, 0.6) is 0 Å². The first-order valence-corrected chi connectivity index (χ1v) is 5.99. The van der Waals surface area contributed by atoms with Crippen molar-refractivity contribution in [3.05, 3.63) is 40.5 Å². The summed E-state index contributed by atoms with van der Waals surface area (Å²) in [7, 11) is 0. The molecule has 3 rings (SSSR count). The molecule has 18 heavy (non-hydrogen) atoms. The van der Waals surface area contributed by atoms with Crippen LogP contribution in [0.4, 0.5) is 17.5 Å². The number of hydrogen-bond donors (Lipinski definition) is 3. The van der Waals surface area contributed by atoms with Gasteiger partial charge in [0, 0.05) is 29.4 Å². The van der Waals surface area contributed by atoms with Gasteiger partial charge in [-0.05, 0) is 24.3 Å². The molecule has 1 aliphatic heterocycles. The van der Waals surface area contributed by atoms with E-state index in [-0.39, 0.29) is 0 Å². The van der Waals surface area contributed by atoms with E-state index < -0.39 is 0 Å². The first kappa shape index (κ1) is 11.3. The summed E-state index contributed by atoms with van der Waals surface area (Å²) in [5.41, 5.74) is 8.73. The van der Waals surface area contributed by atoms with Crippen molar-refractivity contribution in [2.45, 2.75) is 13.1 Å². The van der Waals surface area contributed by atoms with Gasteiger partial charge in [0.25, 0.3) is 0 Å². The molecule has 0 radical (unpaired) electrons. The molecule has 4 N–H and O–H groups in total. The molecule has 0 saturated carbocycles. The van der Waals surface area contributed by atoms with Crippen LogP contribution >= 0.6 is 11.6 Å². The SMILES string of the molecule is Nc1nc(Nc2ccc(Cl)cc2)nc2c1CNC2. The molecule has 6 heteroatoms. The zero-order valence-corrected chi connectivity index (χ0v) is 10.3. The van der Waals surface area contributed by atoms with Crippen molar-refractivity contribution in [3.63, 3.8) is 0 Å². The second-order valence-electron chi connectivity index (χ2n) is 4.09. The highest BCUT2D eigenvalue weighted by atomic mass is 35.5. The van der Waals surface area contributed by atoms with Crippen LogP contribution in [0.1, 0.15) is 11.3 Å². The Kier molecular flexibility index (Phi) is 2.77. The molecule has 0 fully saturated rings. The average molecular weight is 262 g/mol. The number of nitrogen functional groups attached to an aromatic ring is 1. The summed E-state index contributed by atoms with van der Waals surface area (Å²) in [6, 6.07) is 7.35. The highest BCUT2D eigenvalue weighted by Gasteiger charge is 2.17. The first-order chi connectivity index (χ1) is 8.72. The number of nitrogens with one attached hydrogen (secondary N) is 2. The molecular weight excluding hydrogens is 250 g/mol. The molecule has 0 amide bonds. The summed E-state index contributed by atoms with van der Waals surface area (Å²) in [4.78, 5) is 8.68. The van der Waals surface area contributed by atoms with Crippen LogP contribution in [0.15, 0.2) is 24.3 Å². The summed E-state index contributed by atoms with van der Waals surface area (Å²) < 4.78 is 0. The number of rotatable bonds is 2. The predicted molar refractivity (Wildman–Crippen MR) is 71.7 cm³/mol. The van der Waals surface area contributed by atoms with Gasteiger partial charge in [-0.2, -0.15) is 4.98 Å². The van der Waals surface area contributed by atoms with Gasteiger partial charge in [0.2, 0.25) is 5.95 Å². The van der Waals surface area contributed by atoms with Gasteiger partial charge in [0.15, 0.2) is 0 Å². The van der Waals surface area contributed by atoms with Crippen LogP contribution in [-0.4, -0.2) is 9.97 Å². The molecule has 92 valence electrons. The molecule has 0 spiro atoms. The normalized spacial score (nSPS) is 13.4. The van der Waals surface area contributed by atoms with Crippen molar-refractivity contribution in [2.24, 2.45) is 0 Å². The third kappa shape index (κ3) is 2.10. The maximum atomic E-state index is 5.90. The van der Waals surface area contributed by atoms with Gasteiger partial charge in [0.05, 0.1) is 5.69 Å². The maximum Gasteiger partial charge on any atom is 0.229 e. The topological polar surface area (TPSA) is 75.9 Å².